The highest BCUT2D eigenvalue weighted by Gasteiger charge is 2.38. The summed E-state index contributed by atoms with van der Waals surface area (Å²) in [7, 11) is 1.54. The summed E-state index contributed by atoms with van der Waals surface area (Å²) in [5, 5.41) is 3.62. The molecule has 2 aromatic rings. The molecule has 0 aromatic heterocycles. The molecule has 1 atom stereocenters. The SMILES string of the molecule is COc1ccc(Cl)cc1N[C@H]1CC(=O)N(CCc2ccccc2)C1=O. The van der Waals surface area contributed by atoms with Gasteiger partial charge in [-0.05, 0) is 30.2 Å². The van der Waals surface area contributed by atoms with Crippen molar-refractivity contribution in [3.63, 3.8) is 0 Å². The van der Waals surface area contributed by atoms with Gasteiger partial charge < -0.3 is 10.1 Å². The molecule has 1 fully saturated rings. The lowest BCUT2D eigenvalue weighted by Gasteiger charge is -2.17. The number of hydrogen-bond acceptors (Lipinski definition) is 4. The van der Waals surface area contributed by atoms with Crippen LogP contribution < -0.4 is 10.1 Å². The molecule has 0 spiro atoms. The van der Waals surface area contributed by atoms with Crippen molar-refractivity contribution in [3.05, 3.63) is 59.1 Å². The molecule has 0 aliphatic carbocycles. The van der Waals surface area contributed by atoms with Crippen LogP contribution in [0.4, 0.5) is 5.69 Å². The Bertz CT molecular complexity index is 779. The number of anilines is 1. The number of amides is 2. The zero-order valence-electron chi connectivity index (χ0n) is 13.9. The number of nitrogens with one attached hydrogen (secondary N) is 1. The van der Waals surface area contributed by atoms with E-state index < -0.39 is 6.04 Å². The van der Waals surface area contributed by atoms with Crippen molar-refractivity contribution in [1.82, 2.24) is 4.90 Å². The molecule has 25 heavy (non-hydrogen) atoms. The smallest absolute Gasteiger partial charge is 0.252 e. The first kappa shape index (κ1) is 17.3. The van der Waals surface area contributed by atoms with E-state index in [1.165, 1.54) is 4.90 Å². The van der Waals surface area contributed by atoms with Crippen LogP contribution in [0.3, 0.4) is 0 Å². The number of nitrogens with zero attached hydrogens (tertiary/aromatic N) is 1. The maximum absolute atomic E-state index is 12.6. The van der Waals surface area contributed by atoms with Gasteiger partial charge in [0.25, 0.3) is 5.91 Å². The Morgan fingerprint density at radius 3 is 2.68 bits per heavy atom. The van der Waals surface area contributed by atoms with E-state index in [4.69, 9.17) is 16.3 Å². The Hall–Kier alpha value is -2.53. The van der Waals surface area contributed by atoms with Gasteiger partial charge in [0.15, 0.2) is 0 Å². The lowest BCUT2D eigenvalue weighted by Crippen LogP contribution is -2.36. The second-order valence-electron chi connectivity index (χ2n) is 5.86. The number of hydrogen-bond donors (Lipinski definition) is 1. The Morgan fingerprint density at radius 2 is 1.96 bits per heavy atom. The molecule has 6 heteroatoms. The molecule has 3 rings (SSSR count). The van der Waals surface area contributed by atoms with E-state index in [0.717, 1.165) is 5.56 Å². The molecule has 1 aliphatic heterocycles. The Labute approximate surface area is 151 Å². The van der Waals surface area contributed by atoms with E-state index in [-0.39, 0.29) is 18.2 Å². The van der Waals surface area contributed by atoms with E-state index in [1.54, 1.807) is 25.3 Å². The highest BCUT2D eigenvalue weighted by atomic mass is 35.5. The van der Waals surface area contributed by atoms with E-state index >= 15 is 0 Å². The monoisotopic (exact) mass is 358 g/mol. The number of rotatable bonds is 6. The van der Waals surface area contributed by atoms with Gasteiger partial charge in [-0.25, -0.2) is 0 Å². The maximum atomic E-state index is 12.6. The molecule has 0 unspecified atom stereocenters. The minimum absolute atomic E-state index is 0.128. The molecule has 1 aliphatic rings. The molecular formula is C19H19ClN2O3. The molecule has 130 valence electrons. The van der Waals surface area contributed by atoms with Crippen molar-refractivity contribution in [3.8, 4) is 5.75 Å². The zero-order chi connectivity index (χ0) is 17.8. The fourth-order valence-electron chi connectivity index (χ4n) is 2.90. The largest absolute Gasteiger partial charge is 0.495 e. The maximum Gasteiger partial charge on any atom is 0.252 e. The normalized spacial score (nSPS) is 17.0. The van der Waals surface area contributed by atoms with Crippen LogP contribution in [0.1, 0.15) is 12.0 Å². The first-order valence-corrected chi connectivity index (χ1v) is 8.44. The first-order chi connectivity index (χ1) is 12.1. The summed E-state index contributed by atoms with van der Waals surface area (Å²) in [6.45, 7) is 0.381. The standard InChI is InChI=1S/C19H19ClN2O3/c1-25-17-8-7-14(20)11-15(17)21-16-12-18(23)22(19(16)24)10-9-13-5-3-2-4-6-13/h2-8,11,16,21H,9-10,12H2,1H3/t16-/m0/s1. The highest BCUT2D eigenvalue weighted by molar-refractivity contribution is 6.31. The molecule has 2 aromatic carbocycles. The summed E-state index contributed by atoms with van der Waals surface area (Å²) in [6, 6.07) is 14.3. The van der Waals surface area contributed by atoms with Crippen LogP contribution in [-0.4, -0.2) is 36.4 Å². The third-order valence-electron chi connectivity index (χ3n) is 4.20. The van der Waals surface area contributed by atoms with Crippen molar-refractivity contribution >= 4 is 29.1 Å². The second kappa shape index (κ2) is 7.57. The Morgan fingerprint density at radius 1 is 1.20 bits per heavy atom. The van der Waals surface area contributed by atoms with Crippen molar-refractivity contribution in [2.24, 2.45) is 0 Å². The molecule has 1 N–H and O–H groups in total. The molecule has 5 nitrogen and oxygen atoms in total. The van der Waals surface area contributed by atoms with Crippen LogP contribution in [0.2, 0.25) is 5.02 Å². The quantitative estimate of drug-likeness (QED) is 0.806. The summed E-state index contributed by atoms with van der Waals surface area (Å²) in [5.74, 6) is 0.190. The number of carbonyl (C=O) groups excluding carboxylic acids is 2. The van der Waals surface area contributed by atoms with Crippen LogP contribution >= 0.6 is 11.6 Å². The third-order valence-corrected chi connectivity index (χ3v) is 4.44. The number of imide groups is 1. The highest BCUT2D eigenvalue weighted by Crippen LogP contribution is 2.30. The van der Waals surface area contributed by atoms with Crippen LogP contribution in [0.15, 0.2) is 48.5 Å². The Balaban J connectivity index is 1.68. The molecule has 2 amide bonds. The number of benzene rings is 2. The van der Waals surface area contributed by atoms with Gasteiger partial charge in [0.1, 0.15) is 11.8 Å². The molecule has 0 saturated carbocycles. The van der Waals surface area contributed by atoms with E-state index in [1.807, 2.05) is 30.3 Å². The van der Waals surface area contributed by atoms with Crippen molar-refractivity contribution in [2.45, 2.75) is 18.9 Å². The topological polar surface area (TPSA) is 58.6 Å². The van der Waals surface area contributed by atoms with Crippen molar-refractivity contribution in [2.75, 3.05) is 19.0 Å². The fraction of sp³-hybridized carbons (Fsp3) is 0.263. The number of carbonyl (C=O) groups is 2. The predicted molar refractivity (Wildman–Crippen MR) is 96.9 cm³/mol. The lowest BCUT2D eigenvalue weighted by molar-refractivity contribution is -0.138. The Kier molecular flexibility index (Phi) is 5.24. The van der Waals surface area contributed by atoms with Gasteiger partial charge in [-0.3, -0.25) is 14.5 Å². The molecule has 0 radical (unpaired) electrons. The van der Waals surface area contributed by atoms with Crippen molar-refractivity contribution < 1.29 is 14.3 Å². The summed E-state index contributed by atoms with van der Waals surface area (Å²) < 4.78 is 5.27. The summed E-state index contributed by atoms with van der Waals surface area (Å²) in [4.78, 5) is 26.2. The van der Waals surface area contributed by atoms with Gasteiger partial charge >= 0.3 is 0 Å². The van der Waals surface area contributed by atoms with E-state index in [0.29, 0.717) is 29.4 Å². The van der Waals surface area contributed by atoms with Crippen LogP contribution in [-0.2, 0) is 16.0 Å². The molecule has 1 heterocycles. The lowest BCUT2D eigenvalue weighted by atomic mass is 10.1. The van der Waals surface area contributed by atoms with Gasteiger partial charge in [-0.15, -0.1) is 0 Å². The zero-order valence-corrected chi connectivity index (χ0v) is 14.6. The third kappa shape index (κ3) is 3.94. The van der Waals surface area contributed by atoms with E-state index in [2.05, 4.69) is 5.32 Å². The van der Waals surface area contributed by atoms with Gasteiger partial charge in [0.05, 0.1) is 19.2 Å². The second-order valence-corrected chi connectivity index (χ2v) is 6.30. The van der Waals surface area contributed by atoms with E-state index in [9.17, 15) is 9.59 Å². The van der Waals surface area contributed by atoms with Gasteiger partial charge in [-0.2, -0.15) is 0 Å². The number of likely N-dealkylation sites (tertiary alicyclic amines) is 1. The summed E-state index contributed by atoms with van der Waals surface area (Å²) >= 11 is 6.01. The first-order valence-electron chi connectivity index (χ1n) is 8.06. The average molecular weight is 359 g/mol. The average Bonchev–Trinajstić information content (AvgIpc) is 2.88. The molecule has 1 saturated heterocycles. The fourth-order valence-corrected chi connectivity index (χ4v) is 3.07. The van der Waals surface area contributed by atoms with Crippen molar-refractivity contribution in [1.29, 1.82) is 0 Å². The predicted octanol–water partition coefficient (Wildman–Crippen LogP) is 3.13. The molecular weight excluding hydrogens is 340 g/mol. The number of ether oxygens (including phenoxy) is 1. The van der Waals surface area contributed by atoms with Gasteiger partial charge in [0.2, 0.25) is 5.91 Å². The van der Waals surface area contributed by atoms with Gasteiger partial charge in [0, 0.05) is 11.6 Å². The summed E-state index contributed by atoms with van der Waals surface area (Å²) in [5.41, 5.74) is 1.70. The van der Waals surface area contributed by atoms with Crippen LogP contribution in [0.25, 0.3) is 0 Å². The minimum atomic E-state index is -0.601. The number of halogens is 1. The summed E-state index contributed by atoms with van der Waals surface area (Å²) in [6.07, 6.45) is 0.773. The van der Waals surface area contributed by atoms with Gasteiger partial charge in [-0.1, -0.05) is 41.9 Å². The van der Waals surface area contributed by atoms with Crippen LogP contribution in [0, 0.1) is 0 Å². The van der Waals surface area contributed by atoms with Crippen LogP contribution in [0.5, 0.6) is 5.75 Å². The molecule has 0 bridgehead atoms. The minimum Gasteiger partial charge on any atom is -0.495 e. The number of methoxy groups -OCH3 is 1.